The van der Waals surface area contributed by atoms with Gasteiger partial charge in [-0.25, -0.2) is 9.67 Å². The first-order chi connectivity index (χ1) is 9.66. The molecule has 3 rings (SSSR count). The standard InChI is InChI=1S/C15H19N3OS/c1-10(2)18-15(16-9-17-18)8-13(19)11-4-3-5-14-12(11)6-7-20-14/h6-7,9-11H,3-5,8H2,1-2H3. The Morgan fingerprint density at radius 2 is 2.40 bits per heavy atom. The number of hydrogen-bond acceptors (Lipinski definition) is 4. The minimum atomic E-state index is 0.0577. The van der Waals surface area contributed by atoms with Gasteiger partial charge < -0.3 is 0 Å². The summed E-state index contributed by atoms with van der Waals surface area (Å²) < 4.78 is 1.84. The van der Waals surface area contributed by atoms with Crippen LogP contribution in [-0.2, 0) is 17.6 Å². The van der Waals surface area contributed by atoms with Gasteiger partial charge in [-0.3, -0.25) is 4.79 Å². The Kier molecular flexibility index (Phi) is 3.70. The molecular weight excluding hydrogens is 270 g/mol. The first kappa shape index (κ1) is 13.5. The molecule has 0 amide bonds. The highest BCUT2D eigenvalue weighted by Gasteiger charge is 2.28. The number of rotatable bonds is 4. The van der Waals surface area contributed by atoms with Gasteiger partial charge in [-0.05, 0) is 50.1 Å². The van der Waals surface area contributed by atoms with Gasteiger partial charge in [0.05, 0.1) is 6.42 Å². The summed E-state index contributed by atoms with van der Waals surface area (Å²) in [5, 5.41) is 6.31. The summed E-state index contributed by atoms with van der Waals surface area (Å²) in [6.45, 7) is 4.11. The Labute approximate surface area is 122 Å². The molecule has 2 heterocycles. The molecule has 0 radical (unpaired) electrons. The van der Waals surface area contributed by atoms with Crippen molar-refractivity contribution in [2.45, 2.75) is 51.5 Å². The lowest BCUT2D eigenvalue weighted by Crippen LogP contribution is -2.21. The highest BCUT2D eigenvalue weighted by Crippen LogP contribution is 2.36. The summed E-state index contributed by atoms with van der Waals surface area (Å²) in [6, 6.07) is 2.36. The maximum atomic E-state index is 12.6. The minimum absolute atomic E-state index is 0.0577. The van der Waals surface area contributed by atoms with Crippen LogP contribution in [0.15, 0.2) is 17.8 Å². The predicted octanol–water partition coefficient (Wildman–Crippen LogP) is 3.15. The molecule has 0 N–H and O–H groups in total. The molecular formula is C15H19N3OS. The van der Waals surface area contributed by atoms with Crippen molar-refractivity contribution in [1.82, 2.24) is 14.8 Å². The molecule has 0 bridgehead atoms. The normalized spacial score (nSPS) is 18.2. The summed E-state index contributed by atoms with van der Waals surface area (Å²) in [5.41, 5.74) is 1.25. The number of Topliss-reactive ketones (excluding diaryl/α,β-unsaturated/α-hetero) is 1. The second-order valence-corrected chi connectivity index (χ2v) is 6.60. The van der Waals surface area contributed by atoms with E-state index in [2.05, 4.69) is 35.4 Å². The van der Waals surface area contributed by atoms with Crippen molar-refractivity contribution < 1.29 is 4.79 Å². The number of hydrogen-bond donors (Lipinski definition) is 0. The number of ketones is 1. The number of carbonyl (C=O) groups is 1. The SMILES string of the molecule is CC(C)n1ncnc1CC(=O)C1CCCc2sccc21. The summed E-state index contributed by atoms with van der Waals surface area (Å²) in [5.74, 6) is 1.12. The Morgan fingerprint density at radius 1 is 1.55 bits per heavy atom. The summed E-state index contributed by atoms with van der Waals surface area (Å²) in [6.07, 6.45) is 5.13. The van der Waals surface area contributed by atoms with Crippen LogP contribution in [0.5, 0.6) is 0 Å². The second kappa shape index (κ2) is 5.48. The lowest BCUT2D eigenvalue weighted by atomic mass is 9.84. The summed E-state index contributed by atoms with van der Waals surface area (Å²) in [7, 11) is 0. The molecule has 0 saturated carbocycles. The quantitative estimate of drug-likeness (QED) is 0.868. The largest absolute Gasteiger partial charge is 0.299 e. The van der Waals surface area contributed by atoms with Crippen LogP contribution in [0, 0.1) is 0 Å². The van der Waals surface area contributed by atoms with Crippen molar-refractivity contribution in [3.63, 3.8) is 0 Å². The van der Waals surface area contributed by atoms with Gasteiger partial charge >= 0.3 is 0 Å². The first-order valence-electron chi connectivity index (χ1n) is 7.14. The molecule has 2 aromatic heterocycles. The van der Waals surface area contributed by atoms with E-state index in [4.69, 9.17) is 0 Å². The third kappa shape index (κ3) is 2.42. The van der Waals surface area contributed by atoms with E-state index >= 15 is 0 Å². The molecule has 20 heavy (non-hydrogen) atoms. The van der Waals surface area contributed by atoms with Crippen LogP contribution in [0.3, 0.4) is 0 Å². The van der Waals surface area contributed by atoms with Crippen LogP contribution in [-0.4, -0.2) is 20.5 Å². The van der Waals surface area contributed by atoms with Crippen LogP contribution in [0.1, 0.15) is 54.9 Å². The molecule has 1 aliphatic rings. The average molecular weight is 289 g/mol. The van der Waals surface area contributed by atoms with Crippen molar-refractivity contribution in [3.8, 4) is 0 Å². The minimum Gasteiger partial charge on any atom is -0.299 e. The van der Waals surface area contributed by atoms with Gasteiger partial charge in [0, 0.05) is 16.8 Å². The molecule has 1 unspecified atom stereocenters. The Hall–Kier alpha value is -1.49. The van der Waals surface area contributed by atoms with E-state index in [9.17, 15) is 4.79 Å². The summed E-state index contributed by atoms with van der Waals surface area (Å²) in [4.78, 5) is 18.3. The number of fused-ring (bicyclic) bond motifs is 1. The maximum absolute atomic E-state index is 12.6. The van der Waals surface area contributed by atoms with Crippen molar-refractivity contribution in [2.24, 2.45) is 0 Å². The van der Waals surface area contributed by atoms with E-state index in [0.29, 0.717) is 6.42 Å². The molecule has 0 saturated heterocycles. The van der Waals surface area contributed by atoms with Crippen molar-refractivity contribution in [2.75, 3.05) is 0 Å². The fraction of sp³-hybridized carbons (Fsp3) is 0.533. The number of nitrogens with zero attached hydrogens (tertiary/aromatic N) is 3. The highest BCUT2D eigenvalue weighted by atomic mass is 32.1. The first-order valence-corrected chi connectivity index (χ1v) is 8.02. The van der Waals surface area contributed by atoms with E-state index < -0.39 is 0 Å². The maximum Gasteiger partial charge on any atom is 0.147 e. The van der Waals surface area contributed by atoms with E-state index in [0.717, 1.165) is 25.1 Å². The van der Waals surface area contributed by atoms with Gasteiger partial charge in [-0.1, -0.05) is 0 Å². The van der Waals surface area contributed by atoms with Gasteiger partial charge in [-0.2, -0.15) is 5.10 Å². The van der Waals surface area contributed by atoms with Gasteiger partial charge in [0.25, 0.3) is 0 Å². The Morgan fingerprint density at radius 3 is 3.20 bits per heavy atom. The van der Waals surface area contributed by atoms with Crippen molar-refractivity contribution in [3.05, 3.63) is 34.0 Å². The molecule has 4 nitrogen and oxygen atoms in total. The molecule has 0 aliphatic heterocycles. The van der Waals surface area contributed by atoms with Crippen LogP contribution in [0.25, 0.3) is 0 Å². The monoisotopic (exact) mass is 289 g/mol. The third-order valence-electron chi connectivity index (χ3n) is 3.91. The van der Waals surface area contributed by atoms with E-state index in [-0.39, 0.29) is 17.7 Å². The molecule has 1 aliphatic carbocycles. The fourth-order valence-corrected chi connectivity index (χ4v) is 3.92. The zero-order valence-corrected chi connectivity index (χ0v) is 12.7. The van der Waals surface area contributed by atoms with Gasteiger partial charge in [0.15, 0.2) is 0 Å². The van der Waals surface area contributed by atoms with Crippen LogP contribution < -0.4 is 0 Å². The predicted molar refractivity (Wildman–Crippen MR) is 79.1 cm³/mol. The van der Waals surface area contributed by atoms with Crippen LogP contribution >= 0.6 is 11.3 Å². The molecule has 2 aromatic rings. The summed E-state index contributed by atoms with van der Waals surface area (Å²) >= 11 is 1.78. The molecule has 1 atom stereocenters. The van der Waals surface area contributed by atoms with E-state index in [1.807, 2.05) is 4.68 Å². The zero-order valence-electron chi connectivity index (χ0n) is 11.9. The number of aryl methyl sites for hydroxylation is 1. The third-order valence-corrected chi connectivity index (χ3v) is 4.91. The smallest absolute Gasteiger partial charge is 0.147 e. The molecule has 5 heteroatoms. The topological polar surface area (TPSA) is 47.8 Å². The highest BCUT2D eigenvalue weighted by molar-refractivity contribution is 7.10. The molecule has 106 valence electrons. The van der Waals surface area contributed by atoms with Gasteiger partial charge in [0.2, 0.25) is 0 Å². The number of carbonyl (C=O) groups excluding carboxylic acids is 1. The lowest BCUT2D eigenvalue weighted by Gasteiger charge is -2.21. The van der Waals surface area contributed by atoms with Gasteiger partial charge in [0.1, 0.15) is 17.9 Å². The fourth-order valence-electron chi connectivity index (χ4n) is 2.93. The van der Waals surface area contributed by atoms with Gasteiger partial charge in [-0.15, -0.1) is 11.3 Å². The van der Waals surface area contributed by atoms with Crippen molar-refractivity contribution in [1.29, 1.82) is 0 Å². The number of thiophene rings is 1. The van der Waals surface area contributed by atoms with E-state index in [1.165, 1.54) is 10.4 Å². The zero-order chi connectivity index (χ0) is 14.1. The Balaban J connectivity index is 1.80. The Bertz CT molecular complexity index is 614. The van der Waals surface area contributed by atoms with Crippen LogP contribution in [0.4, 0.5) is 0 Å². The average Bonchev–Trinajstić information content (AvgIpc) is 3.05. The molecule has 0 fully saturated rings. The number of aromatic nitrogens is 3. The van der Waals surface area contributed by atoms with Crippen LogP contribution in [0.2, 0.25) is 0 Å². The molecule has 0 aromatic carbocycles. The van der Waals surface area contributed by atoms with E-state index in [1.54, 1.807) is 17.7 Å². The molecule has 0 spiro atoms. The second-order valence-electron chi connectivity index (χ2n) is 5.60. The van der Waals surface area contributed by atoms with Crippen molar-refractivity contribution >= 4 is 17.1 Å². The lowest BCUT2D eigenvalue weighted by molar-refractivity contribution is -0.120.